The number of fused-ring (bicyclic) bond motifs is 1. The molecule has 0 aliphatic rings. The van der Waals surface area contributed by atoms with E-state index in [1.165, 1.54) is 4.52 Å². The van der Waals surface area contributed by atoms with Gasteiger partial charge in [-0.1, -0.05) is 0 Å². The first-order valence-electron chi connectivity index (χ1n) is 5.41. The number of nitrogens with zero attached hydrogens (tertiary/aromatic N) is 3. The molecule has 3 rings (SSSR count). The largest absolute Gasteiger partial charge is 0.476 e. The zero-order valence-corrected chi connectivity index (χ0v) is 12.2. The standard InChI is InChI=1S/C12H8BrN3O2S/c1-6-11(12(17)18)16-10(14-6)5-2-7(15-16)8-3-4-9(13)19-8/h2-5H,1H3,(H,17,18). The van der Waals surface area contributed by atoms with Crippen LogP contribution >= 0.6 is 27.3 Å². The van der Waals surface area contributed by atoms with Crippen molar-refractivity contribution in [2.75, 3.05) is 0 Å². The molecular formula is C12H8BrN3O2S. The van der Waals surface area contributed by atoms with Crippen molar-refractivity contribution in [3.8, 4) is 10.6 Å². The number of carboxylic acids is 1. The highest BCUT2D eigenvalue weighted by atomic mass is 79.9. The molecule has 0 saturated heterocycles. The number of hydrogen-bond donors (Lipinski definition) is 1. The third kappa shape index (κ3) is 2.04. The maximum Gasteiger partial charge on any atom is 0.356 e. The molecule has 0 aromatic carbocycles. The molecule has 0 bridgehead atoms. The number of imidazole rings is 1. The summed E-state index contributed by atoms with van der Waals surface area (Å²) < 4.78 is 2.38. The Morgan fingerprint density at radius 2 is 2.16 bits per heavy atom. The Bertz CT molecular complexity index is 793. The minimum absolute atomic E-state index is 0.104. The summed E-state index contributed by atoms with van der Waals surface area (Å²) in [6, 6.07) is 7.48. The SMILES string of the molecule is Cc1nc2ccc(-c3ccc(Br)s3)nn2c1C(=O)O. The van der Waals surface area contributed by atoms with Crippen LogP contribution in [0.3, 0.4) is 0 Å². The fraction of sp³-hybridized carbons (Fsp3) is 0.0833. The molecule has 3 aromatic heterocycles. The fourth-order valence-corrected chi connectivity index (χ4v) is 3.22. The third-order valence-corrected chi connectivity index (χ3v) is 4.33. The maximum absolute atomic E-state index is 11.2. The van der Waals surface area contributed by atoms with Crippen LogP contribution in [-0.4, -0.2) is 25.7 Å². The molecule has 0 spiro atoms. The fourth-order valence-electron chi connectivity index (χ4n) is 1.87. The van der Waals surface area contributed by atoms with E-state index in [2.05, 4.69) is 26.0 Å². The van der Waals surface area contributed by atoms with Crippen LogP contribution < -0.4 is 0 Å². The lowest BCUT2D eigenvalue weighted by atomic mass is 10.3. The van der Waals surface area contributed by atoms with Crippen molar-refractivity contribution >= 4 is 38.9 Å². The summed E-state index contributed by atoms with van der Waals surface area (Å²) >= 11 is 4.94. The monoisotopic (exact) mass is 337 g/mol. The van der Waals surface area contributed by atoms with E-state index in [9.17, 15) is 9.90 Å². The molecule has 19 heavy (non-hydrogen) atoms. The predicted octanol–water partition coefficient (Wildman–Crippen LogP) is 3.23. The van der Waals surface area contributed by atoms with Gasteiger partial charge in [0, 0.05) is 0 Å². The van der Waals surface area contributed by atoms with Crippen LogP contribution in [0.4, 0.5) is 0 Å². The summed E-state index contributed by atoms with van der Waals surface area (Å²) in [6.07, 6.45) is 0. The Kier molecular flexibility index (Phi) is 2.87. The van der Waals surface area contributed by atoms with E-state index in [1.807, 2.05) is 18.2 Å². The molecule has 0 fully saturated rings. The van der Waals surface area contributed by atoms with Crippen molar-refractivity contribution in [3.05, 3.63) is 39.4 Å². The van der Waals surface area contributed by atoms with Crippen molar-refractivity contribution < 1.29 is 9.90 Å². The number of hydrogen-bond acceptors (Lipinski definition) is 4. The summed E-state index contributed by atoms with van der Waals surface area (Å²) in [6.45, 7) is 1.67. The number of carbonyl (C=O) groups is 1. The minimum Gasteiger partial charge on any atom is -0.476 e. The van der Waals surface area contributed by atoms with E-state index in [-0.39, 0.29) is 5.69 Å². The first kappa shape index (κ1) is 12.3. The second-order valence-corrected chi connectivity index (χ2v) is 6.41. The zero-order valence-electron chi connectivity index (χ0n) is 9.79. The third-order valence-electron chi connectivity index (χ3n) is 2.68. The molecule has 5 nitrogen and oxygen atoms in total. The molecule has 7 heteroatoms. The van der Waals surface area contributed by atoms with Gasteiger partial charge in [-0.15, -0.1) is 11.3 Å². The molecule has 0 unspecified atom stereocenters. The molecule has 0 atom stereocenters. The molecule has 0 radical (unpaired) electrons. The van der Waals surface area contributed by atoms with Crippen LogP contribution in [-0.2, 0) is 0 Å². The van der Waals surface area contributed by atoms with E-state index in [1.54, 1.807) is 24.3 Å². The van der Waals surface area contributed by atoms with E-state index in [0.717, 1.165) is 14.4 Å². The molecule has 1 N–H and O–H groups in total. The van der Waals surface area contributed by atoms with Crippen LogP contribution in [0, 0.1) is 6.92 Å². The molecule has 3 heterocycles. The molecule has 0 aliphatic carbocycles. The average molecular weight is 338 g/mol. The molecule has 0 saturated carbocycles. The van der Waals surface area contributed by atoms with Gasteiger partial charge in [0.2, 0.25) is 0 Å². The summed E-state index contributed by atoms with van der Waals surface area (Å²) in [7, 11) is 0. The Hall–Kier alpha value is -1.73. The number of aromatic carboxylic acids is 1. The lowest BCUT2D eigenvalue weighted by Crippen LogP contribution is -2.06. The van der Waals surface area contributed by atoms with Gasteiger partial charge in [-0.2, -0.15) is 5.10 Å². The summed E-state index contributed by atoms with van der Waals surface area (Å²) in [5, 5.41) is 13.6. The second-order valence-electron chi connectivity index (χ2n) is 3.94. The first-order valence-corrected chi connectivity index (χ1v) is 7.02. The summed E-state index contributed by atoms with van der Waals surface area (Å²) in [5.41, 5.74) is 1.83. The minimum atomic E-state index is -1.03. The lowest BCUT2D eigenvalue weighted by molar-refractivity contribution is 0.0687. The van der Waals surface area contributed by atoms with Gasteiger partial charge in [-0.25, -0.2) is 14.3 Å². The molecular weight excluding hydrogens is 330 g/mol. The Labute approximate surface area is 120 Å². The number of aryl methyl sites for hydroxylation is 1. The highest BCUT2D eigenvalue weighted by molar-refractivity contribution is 9.11. The van der Waals surface area contributed by atoms with Crippen LogP contribution in [0.2, 0.25) is 0 Å². The van der Waals surface area contributed by atoms with Gasteiger partial charge < -0.3 is 5.11 Å². The smallest absolute Gasteiger partial charge is 0.356 e. The van der Waals surface area contributed by atoms with E-state index in [0.29, 0.717) is 11.3 Å². The van der Waals surface area contributed by atoms with Crippen molar-refractivity contribution in [1.29, 1.82) is 0 Å². The zero-order chi connectivity index (χ0) is 13.6. The first-order chi connectivity index (χ1) is 9.06. The molecule has 96 valence electrons. The Morgan fingerprint density at radius 1 is 1.37 bits per heavy atom. The van der Waals surface area contributed by atoms with Crippen LogP contribution in [0.25, 0.3) is 16.2 Å². The van der Waals surface area contributed by atoms with Gasteiger partial charge in [0.05, 0.1) is 14.4 Å². The molecule has 0 aliphatic heterocycles. The normalized spacial score (nSPS) is 11.1. The average Bonchev–Trinajstić information content (AvgIpc) is 2.90. The number of thiophene rings is 1. The van der Waals surface area contributed by atoms with Crippen LogP contribution in [0.15, 0.2) is 28.1 Å². The highest BCUT2D eigenvalue weighted by Gasteiger charge is 2.17. The number of aromatic nitrogens is 3. The van der Waals surface area contributed by atoms with Gasteiger partial charge in [0.15, 0.2) is 11.3 Å². The van der Waals surface area contributed by atoms with Gasteiger partial charge in [-0.05, 0) is 47.1 Å². The number of rotatable bonds is 2. The quantitative estimate of drug-likeness (QED) is 0.779. The Balaban J connectivity index is 2.25. The summed E-state index contributed by atoms with van der Waals surface area (Å²) in [4.78, 5) is 16.4. The van der Waals surface area contributed by atoms with Crippen molar-refractivity contribution in [2.45, 2.75) is 6.92 Å². The van der Waals surface area contributed by atoms with Gasteiger partial charge in [0.1, 0.15) is 5.69 Å². The lowest BCUT2D eigenvalue weighted by Gasteiger charge is -2.00. The van der Waals surface area contributed by atoms with Crippen LogP contribution in [0.1, 0.15) is 16.2 Å². The number of halogens is 1. The topological polar surface area (TPSA) is 67.5 Å². The Morgan fingerprint density at radius 3 is 2.79 bits per heavy atom. The van der Waals surface area contributed by atoms with E-state index in [4.69, 9.17) is 0 Å². The van der Waals surface area contributed by atoms with Gasteiger partial charge in [-0.3, -0.25) is 0 Å². The van der Waals surface area contributed by atoms with Crippen LogP contribution in [0.5, 0.6) is 0 Å². The van der Waals surface area contributed by atoms with E-state index < -0.39 is 5.97 Å². The van der Waals surface area contributed by atoms with Gasteiger partial charge >= 0.3 is 5.97 Å². The van der Waals surface area contributed by atoms with Crippen molar-refractivity contribution in [2.24, 2.45) is 0 Å². The summed E-state index contributed by atoms with van der Waals surface area (Å²) in [5.74, 6) is -1.03. The van der Waals surface area contributed by atoms with Gasteiger partial charge in [0.25, 0.3) is 0 Å². The van der Waals surface area contributed by atoms with E-state index >= 15 is 0 Å². The molecule has 0 amide bonds. The number of carboxylic acid groups (broad SMARTS) is 1. The van der Waals surface area contributed by atoms with Crippen molar-refractivity contribution in [1.82, 2.24) is 14.6 Å². The maximum atomic E-state index is 11.2. The predicted molar refractivity (Wildman–Crippen MR) is 75.7 cm³/mol. The van der Waals surface area contributed by atoms with Crippen molar-refractivity contribution in [3.63, 3.8) is 0 Å². The second kappa shape index (κ2) is 4.43. The molecule has 3 aromatic rings. The highest BCUT2D eigenvalue weighted by Crippen LogP contribution is 2.30.